The molecule has 2 rings (SSSR count). The Labute approximate surface area is 124 Å². The Morgan fingerprint density at radius 2 is 2.10 bits per heavy atom. The van der Waals surface area contributed by atoms with Crippen molar-refractivity contribution in [3.63, 3.8) is 0 Å². The molecule has 0 fully saturated rings. The van der Waals surface area contributed by atoms with Crippen LogP contribution in [0.25, 0.3) is 0 Å². The molecule has 1 aromatic heterocycles. The molecule has 0 amide bonds. The molecular formula is C15H21N3OS. The monoisotopic (exact) mass is 291 g/mol. The molecule has 1 unspecified atom stereocenters. The zero-order chi connectivity index (χ0) is 14.4. The fourth-order valence-corrected chi connectivity index (χ4v) is 2.73. The Morgan fingerprint density at radius 1 is 1.35 bits per heavy atom. The van der Waals surface area contributed by atoms with Crippen molar-refractivity contribution in [2.45, 2.75) is 26.2 Å². The molecule has 0 aliphatic heterocycles. The molecule has 0 bridgehead atoms. The maximum atomic E-state index is 5.78. The lowest BCUT2D eigenvalue weighted by atomic mass is 9.98. The molecule has 0 spiro atoms. The van der Waals surface area contributed by atoms with E-state index in [0.717, 1.165) is 18.0 Å². The third-order valence-electron chi connectivity index (χ3n) is 3.19. The largest absolute Gasteiger partial charge is 0.487 e. The van der Waals surface area contributed by atoms with Gasteiger partial charge in [0.1, 0.15) is 0 Å². The van der Waals surface area contributed by atoms with Gasteiger partial charge in [0.15, 0.2) is 16.6 Å². The highest BCUT2D eigenvalue weighted by Crippen LogP contribution is 2.35. The molecule has 0 aliphatic rings. The van der Waals surface area contributed by atoms with Gasteiger partial charge in [-0.05, 0) is 36.4 Å². The molecule has 20 heavy (non-hydrogen) atoms. The first-order chi connectivity index (χ1) is 9.72. The molecule has 0 saturated heterocycles. The Balaban J connectivity index is 1.87. The van der Waals surface area contributed by atoms with Gasteiger partial charge in [0.2, 0.25) is 0 Å². The van der Waals surface area contributed by atoms with E-state index in [1.165, 1.54) is 17.1 Å². The first-order valence-corrected chi connectivity index (χ1v) is 7.66. The normalized spacial score (nSPS) is 12.1. The molecule has 108 valence electrons. The Kier molecular flexibility index (Phi) is 5.24. The summed E-state index contributed by atoms with van der Waals surface area (Å²) < 4.78 is 9.63. The van der Waals surface area contributed by atoms with Gasteiger partial charge in [0.25, 0.3) is 0 Å². The van der Waals surface area contributed by atoms with E-state index in [-0.39, 0.29) is 0 Å². The van der Waals surface area contributed by atoms with Crippen LogP contribution in [-0.2, 0) is 0 Å². The van der Waals surface area contributed by atoms with Gasteiger partial charge in [-0.15, -0.1) is 0 Å². The second-order valence-electron chi connectivity index (χ2n) is 4.69. The number of nitrogen functional groups attached to an aromatic ring is 1. The van der Waals surface area contributed by atoms with Gasteiger partial charge in [0.05, 0.1) is 6.61 Å². The third-order valence-corrected chi connectivity index (χ3v) is 3.99. The fourth-order valence-electron chi connectivity index (χ4n) is 2.04. The van der Waals surface area contributed by atoms with Crippen LogP contribution in [0.3, 0.4) is 0 Å². The Morgan fingerprint density at radius 3 is 2.80 bits per heavy atom. The van der Waals surface area contributed by atoms with E-state index in [0.29, 0.717) is 24.1 Å². The highest BCUT2D eigenvalue weighted by atomic mass is 32.1. The van der Waals surface area contributed by atoms with Crippen LogP contribution in [0.15, 0.2) is 30.3 Å². The summed E-state index contributed by atoms with van der Waals surface area (Å²) in [7, 11) is 0. The van der Waals surface area contributed by atoms with Crippen LogP contribution < -0.4 is 15.8 Å². The Bertz CT molecular complexity index is 527. The van der Waals surface area contributed by atoms with Gasteiger partial charge in [-0.1, -0.05) is 37.3 Å². The number of nitrogens with zero attached hydrogens (tertiary/aromatic N) is 1. The zero-order valence-corrected chi connectivity index (χ0v) is 12.7. The van der Waals surface area contributed by atoms with Crippen molar-refractivity contribution in [1.82, 2.24) is 4.37 Å². The first-order valence-electron chi connectivity index (χ1n) is 6.89. The second kappa shape index (κ2) is 7.14. The standard InChI is InChI=1S/C15H21N3OS/c1-3-19-13-14(16)18-20-15(13)17-10-9-11(2)12-7-5-4-6-8-12/h4-8,11,17H,3,9-10H2,1-2H3,(H2,16,18). The summed E-state index contributed by atoms with van der Waals surface area (Å²) in [5.41, 5.74) is 7.15. The fraction of sp³-hybridized carbons (Fsp3) is 0.400. The van der Waals surface area contributed by atoms with Crippen molar-refractivity contribution in [3.05, 3.63) is 35.9 Å². The Hall–Kier alpha value is -1.75. The highest BCUT2D eigenvalue weighted by Gasteiger charge is 2.12. The molecule has 0 radical (unpaired) electrons. The van der Waals surface area contributed by atoms with Crippen LogP contribution in [0.1, 0.15) is 31.7 Å². The molecule has 3 N–H and O–H groups in total. The maximum absolute atomic E-state index is 5.78. The molecule has 4 nitrogen and oxygen atoms in total. The van der Waals surface area contributed by atoms with Gasteiger partial charge in [-0.3, -0.25) is 0 Å². The van der Waals surface area contributed by atoms with Crippen molar-refractivity contribution in [3.8, 4) is 5.75 Å². The summed E-state index contributed by atoms with van der Waals surface area (Å²) in [6.45, 7) is 5.65. The number of aromatic nitrogens is 1. The number of ether oxygens (including phenoxy) is 1. The van der Waals surface area contributed by atoms with Gasteiger partial charge < -0.3 is 15.8 Å². The van der Waals surface area contributed by atoms with Crippen molar-refractivity contribution >= 4 is 22.4 Å². The smallest absolute Gasteiger partial charge is 0.197 e. The second-order valence-corrected chi connectivity index (χ2v) is 5.46. The third kappa shape index (κ3) is 3.63. The number of rotatable bonds is 7. The molecule has 1 heterocycles. The minimum absolute atomic E-state index is 0.468. The van der Waals surface area contributed by atoms with Gasteiger partial charge in [0, 0.05) is 6.54 Å². The van der Waals surface area contributed by atoms with Gasteiger partial charge in [-0.2, -0.15) is 4.37 Å². The average molecular weight is 291 g/mol. The van der Waals surface area contributed by atoms with Crippen LogP contribution in [-0.4, -0.2) is 17.5 Å². The molecule has 1 aromatic carbocycles. The van der Waals surface area contributed by atoms with E-state index in [4.69, 9.17) is 10.5 Å². The van der Waals surface area contributed by atoms with E-state index in [9.17, 15) is 0 Å². The van der Waals surface area contributed by atoms with Crippen LogP contribution in [0.4, 0.5) is 10.8 Å². The van der Waals surface area contributed by atoms with E-state index in [2.05, 4.69) is 40.9 Å². The lowest BCUT2D eigenvalue weighted by molar-refractivity contribution is 0.344. The van der Waals surface area contributed by atoms with Gasteiger partial charge >= 0.3 is 0 Å². The summed E-state index contributed by atoms with van der Waals surface area (Å²) in [6.07, 6.45) is 1.05. The van der Waals surface area contributed by atoms with Crippen LogP contribution in [0.5, 0.6) is 5.75 Å². The summed E-state index contributed by atoms with van der Waals surface area (Å²) >= 11 is 1.35. The van der Waals surface area contributed by atoms with Crippen molar-refractivity contribution in [2.24, 2.45) is 0 Å². The first kappa shape index (κ1) is 14.7. The maximum Gasteiger partial charge on any atom is 0.197 e. The number of benzene rings is 1. The van der Waals surface area contributed by atoms with E-state index < -0.39 is 0 Å². The summed E-state index contributed by atoms with van der Waals surface area (Å²) in [5.74, 6) is 1.67. The number of hydrogen-bond acceptors (Lipinski definition) is 5. The highest BCUT2D eigenvalue weighted by molar-refractivity contribution is 7.11. The molecule has 5 heteroatoms. The molecule has 2 aromatic rings. The van der Waals surface area contributed by atoms with Crippen molar-refractivity contribution in [1.29, 1.82) is 0 Å². The summed E-state index contributed by atoms with van der Waals surface area (Å²) in [6, 6.07) is 10.5. The van der Waals surface area contributed by atoms with Crippen molar-refractivity contribution < 1.29 is 4.74 Å². The number of anilines is 2. The van der Waals surface area contributed by atoms with Crippen LogP contribution >= 0.6 is 11.5 Å². The van der Waals surface area contributed by atoms with Crippen LogP contribution in [0.2, 0.25) is 0 Å². The van der Waals surface area contributed by atoms with Crippen molar-refractivity contribution in [2.75, 3.05) is 24.2 Å². The lowest BCUT2D eigenvalue weighted by Gasteiger charge is -2.13. The van der Waals surface area contributed by atoms with Crippen LogP contribution in [0, 0.1) is 0 Å². The zero-order valence-electron chi connectivity index (χ0n) is 11.9. The van der Waals surface area contributed by atoms with E-state index in [1.807, 2.05) is 13.0 Å². The van der Waals surface area contributed by atoms with Gasteiger partial charge in [-0.25, -0.2) is 0 Å². The average Bonchev–Trinajstić information content (AvgIpc) is 2.82. The summed E-state index contributed by atoms with van der Waals surface area (Å²) in [4.78, 5) is 0. The van der Waals surface area contributed by atoms with E-state index in [1.54, 1.807) is 0 Å². The summed E-state index contributed by atoms with van der Waals surface area (Å²) in [5, 5.41) is 4.29. The topological polar surface area (TPSA) is 60.2 Å². The quantitative estimate of drug-likeness (QED) is 0.816. The minimum atomic E-state index is 0.468. The molecule has 0 saturated carbocycles. The predicted octanol–water partition coefficient (Wildman–Crippen LogP) is 3.73. The number of nitrogens with one attached hydrogen (secondary N) is 1. The SMILES string of the molecule is CCOc1c(N)nsc1NCCC(C)c1ccccc1. The molecule has 0 aliphatic carbocycles. The predicted molar refractivity (Wildman–Crippen MR) is 85.7 cm³/mol. The number of nitrogens with two attached hydrogens (primary N) is 1. The molecular weight excluding hydrogens is 270 g/mol. The lowest BCUT2D eigenvalue weighted by Crippen LogP contribution is -2.06. The molecule has 1 atom stereocenters. The number of hydrogen-bond donors (Lipinski definition) is 2. The minimum Gasteiger partial charge on any atom is -0.487 e. The van der Waals surface area contributed by atoms with E-state index >= 15 is 0 Å².